The third-order valence-electron chi connectivity index (χ3n) is 7.24. The number of carbonyl (C=O) groups is 1. The van der Waals surface area contributed by atoms with Crippen molar-refractivity contribution < 1.29 is 4.79 Å². The smallest absolute Gasteiger partial charge is 0.228 e. The van der Waals surface area contributed by atoms with Crippen LogP contribution >= 0.6 is 11.3 Å². The summed E-state index contributed by atoms with van der Waals surface area (Å²) >= 11 is 1.54. The lowest BCUT2D eigenvalue weighted by molar-refractivity contribution is -0.119. The second-order valence-electron chi connectivity index (χ2n) is 9.36. The highest BCUT2D eigenvalue weighted by Crippen LogP contribution is 2.35. The molecule has 8 nitrogen and oxygen atoms in total. The molecule has 3 aromatic rings. The number of thiazole rings is 1. The van der Waals surface area contributed by atoms with Gasteiger partial charge in [0, 0.05) is 35.3 Å². The highest BCUT2D eigenvalue weighted by Gasteiger charge is 2.34. The van der Waals surface area contributed by atoms with Crippen molar-refractivity contribution in [3.63, 3.8) is 0 Å². The standard InChI is InChI=1S/C24H29N7OS/c32-20(13-21-25-10-12-33-21)19-9-4-11-31(19)24-28-17-8-3-7-16(17)22(30-24)29-23-26-14-18(27-23)15-5-1-2-6-15/h10,12,14-15,19H,1-9,11,13H2,(H2,26,27,28,29,30). The molecule has 9 heteroatoms. The third-order valence-corrected chi connectivity index (χ3v) is 8.02. The van der Waals surface area contributed by atoms with Gasteiger partial charge in [0.15, 0.2) is 5.78 Å². The molecule has 33 heavy (non-hydrogen) atoms. The van der Waals surface area contributed by atoms with Gasteiger partial charge in [-0.15, -0.1) is 11.3 Å². The first-order chi connectivity index (χ1) is 16.2. The van der Waals surface area contributed by atoms with Gasteiger partial charge in [-0.1, -0.05) is 12.8 Å². The molecule has 172 valence electrons. The van der Waals surface area contributed by atoms with Gasteiger partial charge in [0.1, 0.15) is 5.82 Å². The molecule has 0 radical (unpaired) electrons. The number of aromatic amines is 1. The summed E-state index contributed by atoms with van der Waals surface area (Å²) in [5.74, 6) is 3.03. The average Bonchev–Trinajstić information content (AvgIpc) is 3.64. The maximum absolute atomic E-state index is 13.1. The van der Waals surface area contributed by atoms with Gasteiger partial charge in [-0.05, 0) is 44.9 Å². The van der Waals surface area contributed by atoms with Crippen LogP contribution in [0.4, 0.5) is 17.7 Å². The van der Waals surface area contributed by atoms with E-state index in [1.54, 1.807) is 6.20 Å². The Bertz CT molecular complexity index is 1140. The van der Waals surface area contributed by atoms with Crippen molar-refractivity contribution in [1.29, 1.82) is 0 Å². The summed E-state index contributed by atoms with van der Waals surface area (Å²) < 4.78 is 0. The Morgan fingerprint density at radius 1 is 1.12 bits per heavy atom. The predicted molar refractivity (Wildman–Crippen MR) is 128 cm³/mol. The van der Waals surface area contributed by atoms with Gasteiger partial charge in [-0.3, -0.25) is 4.79 Å². The zero-order valence-corrected chi connectivity index (χ0v) is 19.5. The van der Waals surface area contributed by atoms with E-state index in [1.165, 1.54) is 48.3 Å². The van der Waals surface area contributed by atoms with E-state index < -0.39 is 0 Å². The Balaban J connectivity index is 1.25. The molecule has 4 heterocycles. The Morgan fingerprint density at radius 2 is 2.03 bits per heavy atom. The quantitative estimate of drug-likeness (QED) is 0.538. The molecule has 0 aromatic carbocycles. The Kier molecular flexibility index (Phi) is 5.57. The van der Waals surface area contributed by atoms with Crippen LogP contribution in [0.3, 0.4) is 0 Å². The van der Waals surface area contributed by atoms with Crippen LogP contribution in [0.15, 0.2) is 17.8 Å². The van der Waals surface area contributed by atoms with Crippen molar-refractivity contribution in [2.75, 3.05) is 16.8 Å². The van der Waals surface area contributed by atoms with Crippen LogP contribution in [0.1, 0.15) is 72.8 Å². The molecule has 2 N–H and O–H groups in total. The highest BCUT2D eigenvalue weighted by atomic mass is 32.1. The summed E-state index contributed by atoms with van der Waals surface area (Å²) in [6.07, 6.45) is 14.0. The fraction of sp³-hybridized carbons (Fsp3) is 0.542. The van der Waals surface area contributed by atoms with Gasteiger partial charge in [0.25, 0.3) is 0 Å². The highest BCUT2D eigenvalue weighted by molar-refractivity contribution is 7.09. The number of nitrogens with zero attached hydrogens (tertiary/aromatic N) is 5. The first-order valence-electron chi connectivity index (χ1n) is 12.1. The van der Waals surface area contributed by atoms with Crippen molar-refractivity contribution in [2.45, 2.75) is 76.2 Å². The molecule has 2 fully saturated rings. The lowest BCUT2D eigenvalue weighted by Crippen LogP contribution is -2.38. The van der Waals surface area contributed by atoms with Gasteiger partial charge >= 0.3 is 0 Å². The van der Waals surface area contributed by atoms with Crippen LogP contribution in [-0.4, -0.2) is 43.3 Å². The minimum atomic E-state index is -0.182. The summed E-state index contributed by atoms with van der Waals surface area (Å²) in [7, 11) is 0. The number of nitrogens with one attached hydrogen (secondary N) is 2. The number of ketones is 1. The normalized spacial score (nSPS) is 20.5. The molecule has 1 saturated heterocycles. The zero-order chi connectivity index (χ0) is 22.2. The number of imidazole rings is 1. The molecule has 3 aromatic heterocycles. The van der Waals surface area contributed by atoms with Gasteiger partial charge in [-0.25, -0.2) is 15.0 Å². The van der Waals surface area contributed by atoms with Crippen molar-refractivity contribution in [2.24, 2.45) is 0 Å². The number of H-pyrrole nitrogens is 1. The largest absolute Gasteiger partial charge is 0.331 e. The number of Topliss-reactive ketones (excluding diaryl/α,β-unsaturated/α-hetero) is 1. The first kappa shape index (κ1) is 20.8. The first-order valence-corrected chi connectivity index (χ1v) is 13.0. The number of aryl methyl sites for hydroxylation is 1. The summed E-state index contributed by atoms with van der Waals surface area (Å²) in [6, 6.07) is -0.182. The lowest BCUT2D eigenvalue weighted by atomic mass is 10.1. The van der Waals surface area contributed by atoms with E-state index in [2.05, 4.69) is 25.2 Å². The summed E-state index contributed by atoms with van der Waals surface area (Å²) in [6.45, 7) is 0.805. The maximum Gasteiger partial charge on any atom is 0.228 e. The van der Waals surface area contributed by atoms with E-state index in [4.69, 9.17) is 9.97 Å². The molecular weight excluding hydrogens is 434 g/mol. The lowest BCUT2D eigenvalue weighted by Gasteiger charge is -2.24. The fourth-order valence-electron chi connectivity index (χ4n) is 5.55. The van der Waals surface area contributed by atoms with Crippen molar-refractivity contribution in [3.05, 3.63) is 39.7 Å². The summed E-state index contributed by atoms with van der Waals surface area (Å²) in [5.41, 5.74) is 3.50. The number of fused-ring (bicyclic) bond motifs is 1. The molecule has 1 saturated carbocycles. The van der Waals surface area contributed by atoms with Crippen LogP contribution in [0.25, 0.3) is 0 Å². The summed E-state index contributed by atoms with van der Waals surface area (Å²) in [5, 5.41) is 6.25. The van der Waals surface area contributed by atoms with E-state index in [0.717, 1.165) is 61.1 Å². The Labute approximate surface area is 197 Å². The third kappa shape index (κ3) is 4.14. The molecule has 0 bridgehead atoms. The average molecular weight is 464 g/mol. The second kappa shape index (κ2) is 8.85. The van der Waals surface area contributed by atoms with E-state index in [-0.39, 0.29) is 11.8 Å². The van der Waals surface area contributed by atoms with Gasteiger partial charge in [-0.2, -0.15) is 4.98 Å². The molecule has 2 aliphatic carbocycles. The number of hydrogen-bond acceptors (Lipinski definition) is 8. The number of rotatable bonds is 7. The molecular formula is C24H29N7OS. The minimum absolute atomic E-state index is 0.182. The SMILES string of the molecule is O=C(Cc1nccs1)C1CCCN1c1nc2c(c(Nc3ncc(C4CCCC4)[nH]3)n1)CCC2. The number of carbonyl (C=O) groups excluding carboxylic acids is 1. The second-order valence-corrected chi connectivity index (χ2v) is 10.3. The van der Waals surface area contributed by atoms with E-state index in [1.807, 2.05) is 11.6 Å². The molecule has 1 unspecified atom stereocenters. The minimum Gasteiger partial charge on any atom is -0.331 e. The van der Waals surface area contributed by atoms with Crippen molar-refractivity contribution >= 4 is 34.8 Å². The predicted octanol–water partition coefficient (Wildman–Crippen LogP) is 4.33. The monoisotopic (exact) mass is 463 g/mol. The number of aromatic nitrogens is 5. The van der Waals surface area contributed by atoms with Crippen LogP contribution in [-0.2, 0) is 24.1 Å². The van der Waals surface area contributed by atoms with Crippen molar-refractivity contribution in [1.82, 2.24) is 24.9 Å². The fourth-order valence-corrected chi connectivity index (χ4v) is 6.18. The van der Waals surface area contributed by atoms with Crippen LogP contribution in [0.5, 0.6) is 0 Å². The number of anilines is 3. The molecule has 6 rings (SSSR count). The van der Waals surface area contributed by atoms with E-state index >= 15 is 0 Å². The topological polar surface area (TPSA) is 99.7 Å². The van der Waals surface area contributed by atoms with Crippen LogP contribution < -0.4 is 10.2 Å². The Hall–Kier alpha value is -2.81. The maximum atomic E-state index is 13.1. The molecule has 1 aliphatic heterocycles. The van der Waals surface area contributed by atoms with Gasteiger partial charge in [0.2, 0.25) is 11.9 Å². The van der Waals surface area contributed by atoms with Gasteiger partial charge in [0.05, 0.1) is 29.4 Å². The molecule has 1 atom stereocenters. The molecule has 0 spiro atoms. The van der Waals surface area contributed by atoms with Crippen LogP contribution in [0, 0.1) is 0 Å². The summed E-state index contributed by atoms with van der Waals surface area (Å²) in [4.78, 5) is 37.4. The molecule has 0 amide bonds. The van der Waals surface area contributed by atoms with Gasteiger partial charge < -0.3 is 15.2 Å². The van der Waals surface area contributed by atoms with E-state index in [9.17, 15) is 4.79 Å². The zero-order valence-electron chi connectivity index (χ0n) is 18.7. The Morgan fingerprint density at radius 3 is 2.88 bits per heavy atom. The number of hydrogen-bond donors (Lipinski definition) is 2. The van der Waals surface area contributed by atoms with Crippen molar-refractivity contribution in [3.8, 4) is 0 Å². The molecule has 3 aliphatic rings. The van der Waals surface area contributed by atoms with Crippen LogP contribution in [0.2, 0.25) is 0 Å². The van der Waals surface area contributed by atoms with E-state index in [0.29, 0.717) is 18.3 Å².